The topological polar surface area (TPSA) is 83.1 Å². The lowest BCUT2D eigenvalue weighted by molar-refractivity contribution is -0.738. The van der Waals surface area contributed by atoms with Crippen LogP contribution in [0.1, 0.15) is 40.2 Å². The summed E-state index contributed by atoms with van der Waals surface area (Å²) in [4.78, 5) is 41.4. The molecule has 0 aliphatic carbocycles. The predicted molar refractivity (Wildman–Crippen MR) is 101 cm³/mol. The fourth-order valence-corrected chi connectivity index (χ4v) is 5.37. The molecule has 4 rings (SSSR count). The molecule has 3 heterocycles. The third kappa shape index (κ3) is 2.20. The standard InChI is InChI=1S/C20H24ClN3O3/c1-9(2)14-12-13(17(26)24(16(12)25)19(3,4)5)20(23-14)10-7-6-8-11(21)15(10)22-18(20)27/h6-9,12-14,23H,1-5H3,(H,22,27)/p+1/t12-,13-,14+,20-/m0/s1. The molecule has 3 amide bonds. The zero-order valence-electron chi connectivity index (χ0n) is 16.2. The number of fused-ring (bicyclic) bond motifs is 4. The van der Waals surface area contributed by atoms with Crippen molar-refractivity contribution >= 4 is 35.0 Å². The van der Waals surface area contributed by atoms with E-state index in [0.717, 1.165) is 0 Å². The first-order valence-electron chi connectivity index (χ1n) is 9.36. The highest BCUT2D eigenvalue weighted by atomic mass is 35.5. The lowest BCUT2D eigenvalue weighted by atomic mass is 9.76. The molecule has 7 heteroatoms. The molecule has 3 N–H and O–H groups in total. The van der Waals surface area contributed by atoms with Crippen LogP contribution in [0.15, 0.2) is 18.2 Å². The molecule has 0 unspecified atom stereocenters. The Morgan fingerprint density at radius 2 is 1.85 bits per heavy atom. The molecular formula is C20H25ClN3O3+. The summed E-state index contributed by atoms with van der Waals surface area (Å²) in [5.41, 5.74) is -0.520. The van der Waals surface area contributed by atoms with Crippen molar-refractivity contribution < 1.29 is 19.7 Å². The number of nitrogens with one attached hydrogen (secondary N) is 1. The molecule has 4 atom stereocenters. The van der Waals surface area contributed by atoms with E-state index in [1.165, 1.54) is 4.90 Å². The van der Waals surface area contributed by atoms with Crippen LogP contribution in [0, 0.1) is 17.8 Å². The van der Waals surface area contributed by atoms with Crippen molar-refractivity contribution in [2.75, 3.05) is 5.32 Å². The summed E-state index contributed by atoms with van der Waals surface area (Å²) >= 11 is 6.31. The Hall–Kier alpha value is -1.92. The van der Waals surface area contributed by atoms with Gasteiger partial charge in [0.25, 0.3) is 5.91 Å². The largest absolute Gasteiger partial charge is 0.326 e. The van der Waals surface area contributed by atoms with Crippen molar-refractivity contribution in [3.8, 4) is 0 Å². The third-order valence-corrected chi connectivity index (χ3v) is 6.54. The maximum Gasteiger partial charge on any atom is 0.291 e. The van der Waals surface area contributed by atoms with Gasteiger partial charge >= 0.3 is 0 Å². The van der Waals surface area contributed by atoms with Gasteiger partial charge in [0.1, 0.15) is 17.9 Å². The van der Waals surface area contributed by atoms with E-state index in [-0.39, 0.29) is 29.7 Å². The van der Waals surface area contributed by atoms with Gasteiger partial charge in [0.2, 0.25) is 17.4 Å². The number of nitrogens with two attached hydrogens (primary N) is 1. The Balaban J connectivity index is 1.95. The van der Waals surface area contributed by atoms with Crippen molar-refractivity contribution in [1.29, 1.82) is 0 Å². The minimum absolute atomic E-state index is 0.129. The van der Waals surface area contributed by atoms with Gasteiger partial charge in [0.05, 0.1) is 10.7 Å². The Bertz CT molecular complexity index is 876. The van der Waals surface area contributed by atoms with E-state index >= 15 is 0 Å². The summed E-state index contributed by atoms with van der Waals surface area (Å²) in [6, 6.07) is 5.19. The van der Waals surface area contributed by atoms with Crippen LogP contribution in [0.5, 0.6) is 0 Å². The van der Waals surface area contributed by atoms with Gasteiger partial charge in [0, 0.05) is 17.0 Å². The summed E-state index contributed by atoms with van der Waals surface area (Å²) in [5, 5.41) is 5.26. The molecule has 0 radical (unpaired) electrons. The molecule has 0 bridgehead atoms. The normalized spacial score (nSPS) is 32.5. The molecule has 3 aliphatic heterocycles. The van der Waals surface area contributed by atoms with Crippen LogP contribution in [-0.2, 0) is 19.9 Å². The number of para-hydroxylation sites is 1. The van der Waals surface area contributed by atoms with Crippen LogP contribution in [0.4, 0.5) is 5.69 Å². The molecule has 27 heavy (non-hydrogen) atoms. The van der Waals surface area contributed by atoms with Crippen LogP contribution in [0.25, 0.3) is 0 Å². The van der Waals surface area contributed by atoms with Crippen LogP contribution in [0.2, 0.25) is 5.02 Å². The molecule has 3 aliphatic rings. The number of hydrogen-bond donors (Lipinski definition) is 2. The van der Waals surface area contributed by atoms with E-state index in [4.69, 9.17) is 11.6 Å². The van der Waals surface area contributed by atoms with Crippen LogP contribution in [0.3, 0.4) is 0 Å². The second kappa shape index (κ2) is 5.55. The molecule has 1 spiro atoms. The second-order valence-corrected chi connectivity index (χ2v) is 9.57. The number of carbonyl (C=O) groups is 3. The number of likely N-dealkylation sites (tertiary alicyclic amines) is 1. The Morgan fingerprint density at radius 3 is 2.44 bits per heavy atom. The minimum Gasteiger partial charge on any atom is -0.326 e. The molecule has 0 saturated carbocycles. The van der Waals surface area contributed by atoms with Crippen molar-refractivity contribution in [1.82, 2.24) is 4.90 Å². The number of carbonyl (C=O) groups excluding carboxylic acids is 3. The quantitative estimate of drug-likeness (QED) is 0.712. The van der Waals surface area contributed by atoms with Crippen LogP contribution >= 0.6 is 11.6 Å². The molecule has 6 nitrogen and oxygen atoms in total. The fraction of sp³-hybridized carbons (Fsp3) is 0.550. The second-order valence-electron chi connectivity index (χ2n) is 9.16. The highest BCUT2D eigenvalue weighted by Crippen LogP contribution is 2.52. The predicted octanol–water partition coefficient (Wildman–Crippen LogP) is 1.49. The first-order chi connectivity index (χ1) is 12.5. The van der Waals surface area contributed by atoms with Crippen molar-refractivity contribution in [2.24, 2.45) is 17.8 Å². The lowest BCUT2D eigenvalue weighted by Crippen LogP contribution is -2.99. The lowest BCUT2D eigenvalue weighted by Gasteiger charge is -2.33. The molecule has 1 aromatic rings. The highest BCUT2D eigenvalue weighted by molar-refractivity contribution is 6.35. The number of hydrogen-bond acceptors (Lipinski definition) is 3. The van der Waals surface area contributed by atoms with E-state index < -0.39 is 22.9 Å². The van der Waals surface area contributed by atoms with Crippen LogP contribution < -0.4 is 10.6 Å². The number of anilines is 1. The summed E-state index contributed by atoms with van der Waals surface area (Å²) in [6.07, 6.45) is 0. The molecule has 0 aromatic heterocycles. The van der Waals surface area contributed by atoms with E-state index in [9.17, 15) is 14.4 Å². The minimum atomic E-state index is -1.15. The highest BCUT2D eigenvalue weighted by Gasteiger charge is 2.75. The monoisotopic (exact) mass is 390 g/mol. The van der Waals surface area contributed by atoms with Crippen LogP contribution in [-0.4, -0.2) is 34.2 Å². The number of nitrogens with zero attached hydrogens (tertiary/aromatic N) is 1. The van der Waals surface area contributed by atoms with E-state index in [0.29, 0.717) is 16.3 Å². The first-order valence-corrected chi connectivity index (χ1v) is 9.74. The van der Waals surface area contributed by atoms with Gasteiger partial charge in [-0.1, -0.05) is 31.5 Å². The number of benzene rings is 1. The molecule has 2 fully saturated rings. The number of halogens is 1. The smallest absolute Gasteiger partial charge is 0.291 e. The third-order valence-electron chi connectivity index (χ3n) is 6.23. The first kappa shape index (κ1) is 18.4. The van der Waals surface area contributed by atoms with Gasteiger partial charge in [-0.05, 0) is 32.9 Å². The number of imide groups is 1. The SMILES string of the molecule is CC(C)[C@H]1[NH2+][C@]2(C(=O)Nc3c(Cl)cccc32)[C@@H]2C(=O)N(C(C)(C)C)C(=O)[C@H]12. The number of rotatable bonds is 1. The summed E-state index contributed by atoms with van der Waals surface area (Å²) in [6.45, 7) is 9.61. The maximum atomic E-state index is 13.5. The van der Waals surface area contributed by atoms with Gasteiger partial charge in [0.15, 0.2) is 0 Å². The van der Waals surface area contributed by atoms with E-state index in [2.05, 4.69) is 5.32 Å². The Kier molecular flexibility index (Phi) is 3.79. The zero-order valence-corrected chi connectivity index (χ0v) is 16.9. The van der Waals surface area contributed by atoms with Crippen molar-refractivity contribution in [3.05, 3.63) is 28.8 Å². The summed E-state index contributed by atoms with van der Waals surface area (Å²) in [5.74, 6) is -1.82. The zero-order chi connectivity index (χ0) is 19.9. The molecule has 2 saturated heterocycles. The number of quaternary nitrogens is 1. The maximum absolute atomic E-state index is 13.5. The van der Waals surface area contributed by atoms with Gasteiger partial charge in [-0.2, -0.15) is 0 Å². The summed E-state index contributed by atoms with van der Waals surface area (Å²) < 4.78 is 0. The summed E-state index contributed by atoms with van der Waals surface area (Å²) in [7, 11) is 0. The Morgan fingerprint density at radius 1 is 1.19 bits per heavy atom. The van der Waals surface area contributed by atoms with Crippen molar-refractivity contribution in [3.63, 3.8) is 0 Å². The molecule has 1 aromatic carbocycles. The Labute approximate surface area is 163 Å². The average molecular weight is 391 g/mol. The van der Waals surface area contributed by atoms with Crippen molar-refractivity contribution in [2.45, 2.75) is 51.7 Å². The van der Waals surface area contributed by atoms with Gasteiger partial charge < -0.3 is 10.6 Å². The fourth-order valence-electron chi connectivity index (χ4n) is 5.15. The van der Waals surface area contributed by atoms with Gasteiger partial charge in [-0.15, -0.1) is 0 Å². The molecular weight excluding hydrogens is 366 g/mol. The average Bonchev–Trinajstić information content (AvgIpc) is 3.13. The number of amides is 3. The van der Waals surface area contributed by atoms with E-state index in [1.54, 1.807) is 12.1 Å². The van der Waals surface area contributed by atoms with Gasteiger partial charge in [-0.25, -0.2) is 0 Å². The van der Waals surface area contributed by atoms with Gasteiger partial charge in [-0.3, -0.25) is 19.3 Å². The molecule has 144 valence electrons. The van der Waals surface area contributed by atoms with E-state index in [1.807, 2.05) is 46.0 Å².